The first-order valence-electron chi connectivity index (χ1n) is 6.47. The van der Waals surface area contributed by atoms with E-state index in [1.54, 1.807) is 13.3 Å². The predicted molar refractivity (Wildman–Crippen MR) is 81.3 cm³/mol. The van der Waals surface area contributed by atoms with E-state index < -0.39 is 0 Å². The number of alkyl halides is 1. The lowest BCUT2D eigenvalue weighted by Gasteiger charge is -2.14. The molecule has 1 N–H and O–H groups in total. The molecule has 0 spiro atoms. The Morgan fingerprint density at radius 2 is 2.16 bits per heavy atom. The lowest BCUT2D eigenvalue weighted by atomic mass is 10.1. The van der Waals surface area contributed by atoms with Crippen LogP contribution in [-0.2, 0) is 0 Å². The average Bonchev–Trinajstić information content (AvgIpc) is 2.44. The van der Waals surface area contributed by atoms with Crippen LogP contribution in [0.2, 0.25) is 0 Å². The molecule has 2 aromatic rings. The van der Waals surface area contributed by atoms with Crippen molar-refractivity contribution in [1.82, 2.24) is 4.98 Å². The van der Waals surface area contributed by atoms with Gasteiger partial charge in [-0.15, -0.1) is 11.6 Å². The molecule has 1 atom stereocenters. The molecule has 0 saturated heterocycles. The molecular formula is C15H19ClN2O. The standard InChI is InChI=1S/C15H19ClN2O/c1-11(6-8-16)10-18-15-13-4-3-5-14(19-2)12(13)7-9-17-15/h3-5,7,9,11H,6,8,10H2,1-2H3,(H,17,18). The van der Waals surface area contributed by atoms with Crippen LogP contribution in [-0.4, -0.2) is 24.5 Å². The van der Waals surface area contributed by atoms with Gasteiger partial charge in [-0.25, -0.2) is 4.98 Å². The van der Waals surface area contributed by atoms with E-state index in [-0.39, 0.29) is 0 Å². The minimum Gasteiger partial charge on any atom is -0.496 e. The zero-order chi connectivity index (χ0) is 13.7. The zero-order valence-electron chi connectivity index (χ0n) is 11.3. The number of hydrogen-bond acceptors (Lipinski definition) is 3. The Balaban J connectivity index is 2.24. The van der Waals surface area contributed by atoms with Gasteiger partial charge in [-0.2, -0.15) is 0 Å². The van der Waals surface area contributed by atoms with Crippen molar-refractivity contribution in [3.05, 3.63) is 30.5 Å². The highest BCUT2D eigenvalue weighted by molar-refractivity contribution is 6.17. The number of anilines is 1. The highest BCUT2D eigenvalue weighted by atomic mass is 35.5. The van der Waals surface area contributed by atoms with E-state index in [0.29, 0.717) is 11.8 Å². The van der Waals surface area contributed by atoms with Crippen LogP contribution in [0, 0.1) is 5.92 Å². The summed E-state index contributed by atoms with van der Waals surface area (Å²) in [6.45, 7) is 3.05. The van der Waals surface area contributed by atoms with E-state index in [0.717, 1.165) is 35.3 Å². The molecule has 0 bridgehead atoms. The first kappa shape index (κ1) is 13.9. The maximum absolute atomic E-state index is 5.75. The number of rotatable bonds is 6. The molecule has 19 heavy (non-hydrogen) atoms. The second-order valence-electron chi connectivity index (χ2n) is 4.68. The number of methoxy groups -OCH3 is 1. The summed E-state index contributed by atoms with van der Waals surface area (Å²) in [5.41, 5.74) is 0. The van der Waals surface area contributed by atoms with E-state index in [1.807, 2.05) is 18.2 Å². The molecule has 0 amide bonds. The maximum atomic E-state index is 5.75. The molecule has 102 valence electrons. The highest BCUT2D eigenvalue weighted by Gasteiger charge is 2.07. The molecule has 0 fully saturated rings. The number of fused-ring (bicyclic) bond motifs is 1. The minimum absolute atomic E-state index is 0.528. The normalized spacial score (nSPS) is 12.4. The Hall–Kier alpha value is -1.48. The molecule has 2 rings (SSSR count). The molecule has 1 aromatic carbocycles. The number of nitrogens with zero attached hydrogens (tertiary/aromatic N) is 1. The molecule has 1 unspecified atom stereocenters. The average molecular weight is 279 g/mol. The summed E-state index contributed by atoms with van der Waals surface area (Å²) < 4.78 is 5.37. The van der Waals surface area contributed by atoms with Crippen molar-refractivity contribution >= 4 is 28.2 Å². The van der Waals surface area contributed by atoms with Crippen molar-refractivity contribution in [2.24, 2.45) is 5.92 Å². The van der Waals surface area contributed by atoms with Gasteiger partial charge in [-0.3, -0.25) is 0 Å². The van der Waals surface area contributed by atoms with Crippen molar-refractivity contribution in [3.8, 4) is 5.75 Å². The van der Waals surface area contributed by atoms with Gasteiger partial charge in [0.15, 0.2) is 0 Å². The fourth-order valence-corrected chi connectivity index (χ4v) is 2.43. The minimum atomic E-state index is 0.528. The summed E-state index contributed by atoms with van der Waals surface area (Å²) in [5.74, 6) is 2.99. The molecule has 0 aliphatic heterocycles. The van der Waals surface area contributed by atoms with E-state index in [4.69, 9.17) is 16.3 Å². The SMILES string of the molecule is COc1cccc2c(NCC(C)CCCl)nccc12. The largest absolute Gasteiger partial charge is 0.496 e. The third-order valence-corrected chi connectivity index (χ3v) is 3.42. The third kappa shape index (κ3) is 3.29. The summed E-state index contributed by atoms with van der Waals surface area (Å²) in [6.07, 6.45) is 2.81. The van der Waals surface area contributed by atoms with Crippen LogP contribution in [0.5, 0.6) is 5.75 Å². The molecule has 1 aromatic heterocycles. The summed E-state index contributed by atoms with van der Waals surface area (Å²) in [7, 11) is 1.69. The summed E-state index contributed by atoms with van der Waals surface area (Å²) >= 11 is 5.75. The Labute approximate surface area is 118 Å². The molecule has 0 aliphatic carbocycles. The van der Waals surface area contributed by atoms with Crippen molar-refractivity contribution in [2.75, 3.05) is 24.9 Å². The van der Waals surface area contributed by atoms with Crippen LogP contribution in [0.4, 0.5) is 5.82 Å². The Kier molecular flexibility index (Phi) is 4.86. The van der Waals surface area contributed by atoms with Crippen LogP contribution < -0.4 is 10.1 Å². The second kappa shape index (κ2) is 6.62. The number of hydrogen-bond donors (Lipinski definition) is 1. The number of benzene rings is 1. The molecule has 0 aliphatic rings. The van der Waals surface area contributed by atoms with Crippen LogP contribution in [0.25, 0.3) is 10.8 Å². The summed E-state index contributed by atoms with van der Waals surface area (Å²) in [4.78, 5) is 4.41. The third-order valence-electron chi connectivity index (χ3n) is 3.21. The number of ether oxygens (including phenoxy) is 1. The monoisotopic (exact) mass is 278 g/mol. The van der Waals surface area contributed by atoms with Crippen molar-refractivity contribution in [1.29, 1.82) is 0 Å². The van der Waals surface area contributed by atoms with Gasteiger partial charge in [0.1, 0.15) is 11.6 Å². The first-order valence-corrected chi connectivity index (χ1v) is 7.01. The van der Waals surface area contributed by atoms with Crippen LogP contribution in [0.15, 0.2) is 30.5 Å². The van der Waals surface area contributed by atoms with Gasteiger partial charge < -0.3 is 10.1 Å². The van der Waals surface area contributed by atoms with Gasteiger partial charge in [-0.05, 0) is 24.5 Å². The molecule has 4 heteroatoms. The Morgan fingerprint density at radius 1 is 1.32 bits per heavy atom. The Morgan fingerprint density at radius 3 is 2.89 bits per heavy atom. The van der Waals surface area contributed by atoms with Crippen LogP contribution >= 0.6 is 11.6 Å². The summed E-state index contributed by atoms with van der Waals surface area (Å²) in [5, 5.41) is 5.56. The van der Waals surface area contributed by atoms with E-state index in [2.05, 4.69) is 23.3 Å². The maximum Gasteiger partial charge on any atom is 0.133 e. The van der Waals surface area contributed by atoms with E-state index in [1.165, 1.54) is 0 Å². The lowest BCUT2D eigenvalue weighted by Crippen LogP contribution is -2.12. The fraction of sp³-hybridized carbons (Fsp3) is 0.400. The van der Waals surface area contributed by atoms with Gasteiger partial charge >= 0.3 is 0 Å². The summed E-state index contributed by atoms with van der Waals surface area (Å²) in [6, 6.07) is 7.97. The predicted octanol–water partition coefficient (Wildman–Crippen LogP) is 3.92. The Bertz CT molecular complexity index is 545. The van der Waals surface area contributed by atoms with Crippen LogP contribution in [0.1, 0.15) is 13.3 Å². The van der Waals surface area contributed by atoms with Crippen molar-refractivity contribution in [2.45, 2.75) is 13.3 Å². The van der Waals surface area contributed by atoms with Crippen LogP contribution in [0.3, 0.4) is 0 Å². The van der Waals surface area contributed by atoms with Gasteiger partial charge in [-0.1, -0.05) is 19.1 Å². The smallest absolute Gasteiger partial charge is 0.133 e. The van der Waals surface area contributed by atoms with E-state index >= 15 is 0 Å². The quantitative estimate of drug-likeness (QED) is 0.813. The number of aromatic nitrogens is 1. The molecule has 0 saturated carbocycles. The fourth-order valence-electron chi connectivity index (χ4n) is 2.06. The number of halogens is 1. The second-order valence-corrected chi connectivity index (χ2v) is 5.06. The van der Waals surface area contributed by atoms with E-state index in [9.17, 15) is 0 Å². The van der Waals surface area contributed by atoms with Crippen molar-refractivity contribution < 1.29 is 4.74 Å². The number of pyridine rings is 1. The van der Waals surface area contributed by atoms with Crippen molar-refractivity contribution in [3.63, 3.8) is 0 Å². The van der Waals surface area contributed by atoms with Gasteiger partial charge in [0.05, 0.1) is 7.11 Å². The molecule has 0 radical (unpaired) electrons. The zero-order valence-corrected chi connectivity index (χ0v) is 12.1. The lowest BCUT2D eigenvalue weighted by molar-refractivity contribution is 0.420. The number of nitrogens with one attached hydrogen (secondary N) is 1. The molecular weight excluding hydrogens is 260 g/mol. The first-order chi connectivity index (χ1) is 9.26. The molecule has 3 nitrogen and oxygen atoms in total. The highest BCUT2D eigenvalue weighted by Crippen LogP contribution is 2.29. The topological polar surface area (TPSA) is 34.1 Å². The van der Waals surface area contributed by atoms with Gasteiger partial charge in [0.2, 0.25) is 0 Å². The molecule has 1 heterocycles. The van der Waals surface area contributed by atoms with Gasteiger partial charge in [0, 0.05) is 29.4 Å². The van der Waals surface area contributed by atoms with Gasteiger partial charge in [0.25, 0.3) is 0 Å².